The van der Waals surface area contributed by atoms with Crippen LogP contribution in [0.2, 0.25) is 0 Å². The first-order valence-electron chi connectivity index (χ1n) is 9.41. The van der Waals surface area contributed by atoms with Crippen LogP contribution < -0.4 is 10.9 Å². The summed E-state index contributed by atoms with van der Waals surface area (Å²) in [5.74, 6) is -0.275. The van der Waals surface area contributed by atoms with Crippen molar-refractivity contribution in [1.29, 1.82) is 0 Å². The first-order chi connectivity index (χ1) is 14.4. The molecule has 0 saturated carbocycles. The molecule has 1 amide bonds. The van der Waals surface area contributed by atoms with Crippen molar-refractivity contribution < 1.29 is 9.18 Å². The van der Waals surface area contributed by atoms with Crippen LogP contribution in [0.5, 0.6) is 0 Å². The third-order valence-corrected chi connectivity index (χ3v) is 4.97. The largest absolute Gasteiger partial charge is 0.341 e. The molecule has 1 unspecified atom stereocenters. The lowest BCUT2D eigenvalue weighted by molar-refractivity contribution is -0.122. The Balaban J connectivity index is 1.64. The van der Waals surface area contributed by atoms with Gasteiger partial charge in [-0.2, -0.15) is 0 Å². The van der Waals surface area contributed by atoms with Gasteiger partial charge in [-0.15, -0.1) is 0 Å². The fraction of sp³-hybridized carbons (Fsp3) is 0.182. The number of aryl methyl sites for hydroxylation is 2. The molecule has 2 aromatic carbocycles. The number of aromatic nitrogens is 4. The summed E-state index contributed by atoms with van der Waals surface area (Å²) in [5, 5.41) is 3.32. The van der Waals surface area contributed by atoms with Gasteiger partial charge in [0.25, 0.3) is 5.56 Å². The van der Waals surface area contributed by atoms with Crippen molar-refractivity contribution in [1.82, 2.24) is 24.4 Å². The average molecular weight is 405 g/mol. The molecular weight excluding hydrogens is 385 g/mol. The van der Waals surface area contributed by atoms with Crippen LogP contribution in [0.15, 0.2) is 66.0 Å². The van der Waals surface area contributed by atoms with Crippen LogP contribution in [0.3, 0.4) is 0 Å². The van der Waals surface area contributed by atoms with Gasteiger partial charge in [-0.05, 0) is 36.2 Å². The topological polar surface area (TPSA) is 81.8 Å². The van der Waals surface area contributed by atoms with Gasteiger partial charge in [0.05, 0.1) is 17.2 Å². The van der Waals surface area contributed by atoms with Crippen molar-refractivity contribution in [2.45, 2.75) is 19.5 Å². The molecule has 0 spiro atoms. The summed E-state index contributed by atoms with van der Waals surface area (Å²) in [4.78, 5) is 34.2. The van der Waals surface area contributed by atoms with E-state index in [9.17, 15) is 14.0 Å². The maximum atomic E-state index is 13.8. The molecule has 1 atom stereocenters. The third-order valence-electron chi connectivity index (χ3n) is 4.97. The van der Waals surface area contributed by atoms with E-state index < -0.39 is 17.8 Å². The number of amides is 1. The summed E-state index contributed by atoms with van der Waals surface area (Å²) in [5.41, 5.74) is 1.77. The number of nitrogens with one attached hydrogen (secondary N) is 1. The van der Waals surface area contributed by atoms with E-state index in [1.54, 1.807) is 48.3 Å². The van der Waals surface area contributed by atoms with Gasteiger partial charge in [-0.1, -0.05) is 24.3 Å². The van der Waals surface area contributed by atoms with Gasteiger partial charge >= 0.3 is 0 Å². The molecule has 4 rings (SSSR count). The number of fused-ring (bicyclic) bond motifs is 1. The van der Waals surface area contributed by atoms with Crippen molar-refractivity contribution in [2.24, 2.45) is 7.05 Å². The fourth-order valence-corrected chi connectivity index (χ4v) is 3.45. The second-order valence-corrected chi connectivity index (χ2v) is 7.10. The number of rotatable bonds is 5. The van der Waals surface area contributed by atoms with E-state index >= 15 is 0 Å². The molecule has 0 bridgehead atoms. The smallest absolute Gasteiger partial charge is 0.261 e. The number of hydrogen-bond donors (Lipinski definition) is 1. The Labute approximate surface area is 171 Å². The summed E-state index contributed by atoms with van der Waals surface area (Å²) in [7, 11) is 1.79. The molecule has 0 aliphatic heterocycles. The summed E-state index contributed by atoms with van der Waals surface area (Å²) in [6.07, 6.45) is 4.72. The lowest BCUT2D eigenvalue weighted by atomic mass is 10.1. The number of hydrogen-bond acceptors (Lipinski definition) is 4. The van der Waals surface area contributed by atoms with Crippen molar-refractivity contribution in [3.8, 4) is 0 Å². The normalized spacial score (nSPS) is 12.1. The van der Waals surface area contributed by atoms with Crippen LogP contribution in [0.4, 0.5) is 4.39 Å². The number of para-hydroxylation sites is 1. The van der Waals surface area contributed by atoms with Gasteiger partial charge in [0.2, 0.25) is 5.91 Å². The van der Waals surface area contributed by atoms with Crippen molar-refractivity contribution >= 4 is 16.8 Å². The SMILES string of the molecule is Cc1cccc2c(=O)n(CC(=O)NC(c3cccc(F)c3)c3nccn3C)cnc12. The predicted octanol–water partition coefficient (Wildman–Crippen LogP) is 2.48. The molecule has 2 heterocycles. The Morgan fingerprint density at radius 3 is 2.73 bits per heavy atom. The van der Waals surface area contributed by atoms with Gasteiger partial charge in [0.15, 0.2) is 0 Å². The van der Waals surface area contributed by atoms with E-state index in [-0.39, 0.29) is 12.1 Å². The highest BCUT2D eigenvalue weighted by Crippen LogP contribution is 2.21. The van der Waals surface area contributed by atoms with Gasteiger partial charge in [-0.25, -0.2) is 14.4 Å². The molecule has 1 N–H and O–H groups in total. The number of benzene rings is 2. The highest BCUT2D eigenvalue weighted by atomic mass is 19.1. The summed E-state index contributed by atoms with van der Waals surface area (Å²) < 4.78 is 16.8. The number of nitrogens with zero attached hydrogens (tertiary/aromatic N) is 4. The van der Waals surface area contributed by atoms with E-state index in [2.05, 4.69) is 15.3 Å². The standard InChI is InChI=1S/C22H20FN5O2/c1-14-5-3-8-17-19(14)25-13-28(22(17)30)12-18(29)26-20(21-24-9-10-27(21)2)15-6-4-7-16(23)11-15/h3-11,13,20H,12H2,1-2H3,(H,26,29). The zero-order valence-corrected chi connectivity index (χ0v) is 16.5. The van der Waals surface area contributed by atoms with Gasteiger partial charge in [0.1, 0.15) is 24.2 Å². The maximum Gasteiger partial charge on any atom is 0.261 e. The van der Waals surface area contributed by atoms with Gasteiger partial charge < -0.3 is 9.88 Å². The van der Waals surface area contributed by atoms with E-state index in [4.69, 9.17) is 0 Å². The summed E-state index contributed by atoms with van der Waals surface area (Å²) in [6, 6.07) is 10.7. The molecule has 0 fully saturated rings. The first kappa shape index (κ1) is 19.5. The fourth-order valence-electron chi connectivity index (χ4n) is 3.45. The average Bonchev–Trinajstić information content (AvgIpc) is 3.14. The third kappa shape index (κ3) is 3.71. The van der Waals surface area contributed by atoms with E-state index in [1.165, 1.54) is 23.0 Å². The van der Waals surface area contributed by atoms with Crippen molar-refractivity contribution in [3.05, 3.63) is 94.3 Å². The quantitative estimate of drug-likeness (QED) is 0.553. The molecule has 0 aliphatic rings. The van der Waals surface area contributed by atoms with E-state index in [0.717, 1.165) is 5.56 Å². The lowest BCUT2D eigenvalue weighted by Gasteiger charge is -2.19. The molecule has 30 heavy (non-hydrogen) atoms. The molecule has 0 saturated heterocycles. The maximum absolute atomic E-state index is 13.8. The van der Waals surface area contributed by atoms with Crippen molar-refractivity contribution in [3.63, 3.8) is 0 Å². The highest BCUT2D eigenvalue weighted by Gasteiger charge is 2.21. The van der Waals surface area contributed by atoms with E-state index in [1.807, 2.05) is 13.0 Å². The van der Waals surface area contributed by atoms with Crippen LogP contribution in [0.1, 0.15) is 23.0 Å². The molecule has 0 aliphatic carbocycles. The van der Waals surface area contributed by atoms with E-state index in [0.29, 0.717) is 22.3 Å². The molecular formula is C22H20FN5O2. The second kappa shape index (κ2) is 7.90. The van der Waals surface area contributed by atoms with Gasteiger partial charge in [0, 0.05) is 19.4 Å². The van der Waals surface area contributed by atoms with Crippen LogP contribution >= 0.6 is 0 Å². The molecule has 8 heteroatoms. The van der Waals surface area contributed by atoms with Gasteiger partial charge in [-0.3, -0.25) is 14.2 Å². The molecule has 0 radical (unpaired) electrons. The number of halogens is 1. The highest BCUT2D eigenvalue weighted by molar-refractivity contribution is 5.81. The Morgan fingerprint density at radius 1 is 1.20 bits per heavy atom. The first-order valence-corrected chi connectivity index (χ1v) is 9.41. The Bertz CT molecular complexity index is 1290. The zero-order valence-electron chi connectivity index (χ0n) is 16.5. The van der Waals surface area contributed by atoms with Crippen LogP contribution in [0.25, 0.3) is 10.9 Å². The predicted molar refractivity (Wildman–Crippen MR) is 110 cm³/mol. The number of carbonyl (C=O) groups excluding carboxylic acids is 1. The molecule has 2 aromatic heterocycles. The lowest BCUT2D eigenvalue weighted by Crippen LogP contribution is -2.36. The van der Waals surface area contributed by atoms with Crippen LogP contribution in [0, 0.1) is 12.7 Å². The van der Waals surface area contributed by atoms with Crippen LogP contribution in [-0.2, 0) is 18.4 Å². The minimum atomic E-state index is -0.667. The Kier molecular flexibility index (Phi) is 5.14. The second-order valence-electron chi connectivity index (χ2n) is 7.10. The summed E-state index contributed by atoms with van der Waals surface area (Å²) >= 11 is 0. The minimum absolute atomic E-state index is 0.216. The van der Waals surface area contributed by atoms with Crippen molar-refractivity contribution in [2.75, 3.05) is 0 Å². The molecule has 7 nitrogen and oxygen atoms in total. The number of imidazole rings is 1. The molecule has 152 valence electrons. The summed E-state index contributed by atoms with van der Waals surface area (Å²) in [6.45, 7) is 1.66. The zero-order chi connectivity index (χ0) is 21.3. The number of carbonyl (C=O) groups is 1. The molecule has 4 aromatic rings. The minimum Gasteiger partial charge on any atom is -0.341 e. The Hall–Kier alpha value is -3.81. The Morgan fingerprint density at radius 2 is 2.00 bits per heavy atom. The van der Waals surface area contributed by atoms with Crippen LogP contribution in [-0.4, -0.2) is 25.0 Å². The monoisotopic (exact) mass is 405 g/mol.